The van der Waals surface area contributed by atoms with Crippen molar-refractivity contribution >= 4 is 29.9 Å². The molecule has 1 aliphatic heterocycles. The largest absolute Gasteiger partial charge is 0.444 e. The van der Waals surface area contributed by atoms with Crippen LogP contribution in [0.15, 0.2) is 39.9 Å². The van der Waals surface area contributed by atoms with Crippen LogP contribution in [0, 0.1) is 6.92 Å². The van der Waals surface area contributed by atoms with Crippen LogP contribution in [0.5, 0.6) is 0 Å². The number of hydrogen-bond donors (Lipinski definition) is 2. The molecule has 2 heterocycles. The Morgan fingerprint density at radius 2 is 1.83 bits per heavy atom. The minimum absolute atomic E-state index is 0. The molecular weight excluding hydrogens is 477 g/mol. The molecule has 0 saturated carbocycles. The standard InChI is InChI=1S/C22H33N5O.HI/c1-17-8-10-18(11-9-17)20-26-19(15-28-20)14-24-21(23-4)25-16-22(2,3)27-12-6-5-7-13-27;/h8-11,15H,5-7,12-14,16H2,1-4H3,(H2,23,24,25);1H. The summed E-state index contributed by atoms with van der Waals surface area (Å²) in [6.45, 7) is 10.4. The first-order chi connectivity index (χ1) is 13.5. The van der Waals surface area contributed by atoms with Gasteiger partial charge in [0.2, 0.25) is 5.89 Å². The lowest BCUT2D eigenvalue weighted by atomic mass is 9.98. The van der Waals surface area contributed by atoms with Gasteiger partial charge in [-0.2, -0.15) is 0 Å². The van der Waals surface area contributed by atoms with E-state index in [1.165, 1.54) is 37.9 Å². The fourth-order valence-corrected chi connectivity index (χ4v) is 3.52. The first-order valence-corrected chi connectivity index (χ1v) is 10.2. The molecule has 0 amide bonds. The number of benzene rings is 1. The zero-order valence-corrected chi connectivity index (χ0v) is 20.3. The van der Waals surface area contributed by atoms with Gasteiger partial charge in [0.15, 0.2) is 5.96 Å². The number of halogens is 1. The number of nitrogens with one attached hydrogen (secondary N) is 2. The third-order valence-electron chi connectivity index (χ3n) is 5.41. The van der Waals surface area contributed by atoms with Gasteiger partial charge < -0.3 is 15.1 Å². The van der Waals surface area contributed by atoms with Crippen molar-refractivity contribution in [1.82, 2.24) is 20.5 Å². The highest BCUT2D eigenvalue weighted by atomic mass is 127. The van der Waals surface area contributed by atoms with Crippen molar-refractivity contribution in [3.05, 3.63) is 41.8 Å². The van der Waals surface area contributed by atoms with Gasteiger partial charge in [-0.05, 0) is 58.8 Å². The number of likely N-dealkylation sites (tertiary alicyclic amines) is 1. The number of oxazole rings is 1. The van der Waals surface area contributed by atoms with Gasteiger partial charge in [0.25, 0.3) is 0 Å². The summed E-state index contributed by atoms with van der Waals surface area (Å²) in [5.74, 6) is 1.43. The molecule has 1 aromatic heterocycles. The summed E-state index contributed by atoms with van der Waals surface area (Å²) < 4.78 is 5.63. The molecule has 3 rings (SSSR count). The van der Waals surface area contributed by atoms with Crippen LogP contribution in [0.1, 0.15) is 44.4 Å². The van der Waals surface area contributed by atoms with Crippen LogP contribution in [-0.4, -0.2) is 48.1 Å². The maximum Gasteiger partial charge on any atom is 0.226 e. The second-order valence-corrected chi connectivity index (χ2v) is 8.15. The number of piperidine rings is 1. The highest BCUT2D eigenvalue weighted by Gasteiger charge is 2.27. The molecule has 0 unspecified atom stereocenters. The summed E-state index contributed by atoms with van der Waals surface area (Å²) in [5, 5.41) is 6.79. The summed E-state index contributed by atoms with van der Waals surface area (Å²) in [6.07, 6.45) is 5.65. The molecule has 6 nitrogen and oxygen atoms in total. The lowest BCUT2D eigenvalue weighted by Crippen LogP contribution is -2.54. The molecule has 1 fully saturated rings. The Bertz CT molecular complexity index is 779. The average Bonchev–Trinajstić information content (AvgIpc) is 3.18. The fraction of sp³-hybridized carbons (Fsp3) is 0.545. The highest BCUT2D eigenvalue weighted by Crippen LogP contribution is 2.20. The topological polar surface area (TPSA) is 65.7 Å². The van der Waals surface area contributed by atoms with Crippen molar-refractivity contribution in [2.75, 3.05) is 26.7 Å². The van der Waals surface area contributed by atoms with E-state index < -0.39 is 0 Å². The number of hydrogen-bond acceptors (Lipinski definition) is 4. The zero-order valence-electron chi connectivity index (χ0n) is 18.0. The van der Waals surface area contributed by atoms with Crippen LogP contribution < -0.4 is 10.6 Å². The molecule has 160 valence electrons. The third-order valence-corrected chi connectivity index (χ3v) is 5.41. The summed E-state index contributed by atoms with van der Waals surface area (Å²) in [7, 11) is 1.80. The quantitative estimate of drug-likeness (QED) is 0.346. The Morgan fingerprint density at radius 3 is 2.48 bits per heavy atom. The van der Waals surface area contributed by atoms with Crippen molar-refractivity contribution in [2.45, 2.75) is 52.1 Å². The zero-order chi connectivity index (χ0) is 20.0. The number of rotatable bonds is 6. The van der Waals surface area contributed by atoms with Gasteiger partial charge in [-0.3, -0.25) is 9.89 Å². The number of aryl methyl sites for hydroxylation is 1. The fourth-order valence-electron chi connectivity index (χ4n) is 3.52. The molecule has 1 aliphatic rings. The highest BCUT2D eigenvalue weighted by molar-refractivity contribution is 14.0. The predicted octanol–water partition coefficient (Wildman–Crippen LogP) is 4.20. The van der Waals surface area contributed by atoms with E-state index in [1.54, 1.807) is 13.3 Å². The van der Waals surface area contributed by atoms with Crippen LogP contribution >= 0.6 is 24.0 Å². The van der Waals surface area contributed by atoms with Gasteiger partial charge >= 0.3 is 0 Å². The van der Waals surface area contributed by atoms with Gasteiger partial charge in [0.1, 0.15) is 6.26 Å². The predicted molar refractivity (Wildman–Crippen MR) is 130 cm³/mol. The smallest absolute Gasteiger partial charge is 0.226 e. The Labute approximate surface area is 191 Å². The summed E-state index contributed by atoms with van der Waals surface area (Å²) in [4.78, 5) is 11.5. The van der Waals surface area contributed by atoms with E-state index in [0.29, 0.717) is 12.4 Å². The Morgan fingerprint density at radius 1 is 1.14 bits per heavy atom. The second-order valence-electron chi connectivity index (χ2n) is 8.15. The SMILES string of the molecule is CN=C(NCc1coc(-c2ccc(C)cc2)n1)NCC(C)(C)N1CCCCC1.I. The molecule has 0 spiro atoms. The Balaban J connectivity index is 0.00000300. The van der Waals surface area contributed by atoms with Crippen molar-refractivity contribution in [1.29, 1.82) is 0 Å². The first kappa shape index (κ1) is 23.7. The van der Waals surface area contributed by atoms with E-state index in [1.807, 2.05) is 12.1 Å². The summed E-state index contributed by atoms with van der Waals surface area (Å²) in [5.41, 5.74) is 3.17. The number of aliphatic imine (C=N–C) groups is 1. The van der Waals surface area contributed by atoms with Crippen LogP contribution in [0.2, 0.25) is 0 Å². The summed E-state index contributed by atoms with van der Waals surface area (Å²) >= 11 is 0. The minimum Gasteiger partial charge on any atom is -0.444 e. The number of guanidine groups is 1. The monoisotopic (exact) mass is 511 g/mol. The van der Waals surface area contributed by atoms with Crippen LogP contribution in [-0.2, 0) is 6.54 Å². The van der Waals surface area contributed by atoms with Gasteiger partial charge in [0.05, 0.1) is 12.2 Å². The molecule has 0 aliphatic carbocycles. The van der Waals surface area contributed by atoms with Gasteiger partial charge in [-0.15, -0.1) is 24.0 Å². The molecule has 1 saturated heterocycles. The maximum absolute atomic E-state index is 5.63. The molecule has 7 heteroatoms. The van der Waals surface area contributed by atoms with Crippen molar-refractivity contribution in [2.24, 2.45) is 4.99 Å². The average molecular weight is 511 g/mol. The summed E-state index contributed by atoms with van der Waals surface area (Å²) in [6, 6.07) is 8.18. The van der Waals surface area contributed by atoms with Gasteiger partial charge in [-0.25, -0.2) is 4.98 Å². The molecule has 0 atom stereocenters. The van der Waals surface area contributed by atoms with E-state index in [2.05, 4.69) is 58.4 Å². The van der Waals surface area contributed by atoms with Crippen molar-refractivity contribution < 1.29 is 4.42 Å². The Kier molecular flexibility index (Phi) is 8.95. The molecular formula is C22H34IN5O. The van der Waals surface area contributed by atoms with E-state index in [4.69, 9.17) is 4.42 Å². The molecule has 0 radical (unpaired) electrons. The number of nitrogens with zero attached hydrogens (tertiary/aromatic N) is 3. The second kappa shape index (κ2) is 11.0. The molecule has 2 aromatic rings. The number of aromatic nitrogens is 1. The van der Waals surface area contributed by atoms with E-state index in [-0.39, 0.29) is 29.5 Å². The molecule has 29 heavy (non-hydrogen) atoms. The first-order valence-electron chi connectivity index (χ1n) is 10.2. The lowest BCUT2D eigenvalue weighted by molar-refractivity contribution is 0.0982. The third kappa shape index (κ3) is 6.70. The minimum atomic E-state index is 0. The maximum atomic E-state index is 5.63. The lowest BCUT2D eigenvalue weighted by Gasteiger charge is -2.41. The van der Waals surface area contributed by atoms with Gasteiger partial charge in [0, 0.05) is 24.7 Å². The normalized spacial score (nSPS) is 15.7. The van der Waals surface area contributed by atoms with Crippen LogP contribution in [0.3, 0.4) is 0 Å². The van der Waals surface area contributed by atoms with Crippen molar-refractivity contribution in [3.8, 4) is 11.5 Å². The van der Waals surface area contributed by atoms with Crippen molar-refractivity contribution in [3.63, 3.8) is 0 Å². The van der Waals surface area contributed by atoms with E-state index >= 15 is 0 Å². The molecule has 1 aromatic carbocycles. The Hall–Kier alpha value is -1.61. The van der Waals surface area contributed by atoms with Crippen LogP contribution in [0.25, 0.3) is 11.5 Å². The molecule has 0 bridgehead atoms. The van der Waals surface area contributed by atoms with Crippen LogP contribution in [0.4, 0.5) is 0 Å². The van der Waals surface area contributed by atoms with E-state index in [0.717, 1.165) is 23.8 Å². The van der Waals surface area contributed by atoms with Gasteiger partial charge in [-0.1, -0.05) is 24.1 Å². The van der Waals surface area contributed by atoms with E-state index in [9.17, 15) is 0 Å². The molecule has 2 N–H and O–H groups in total.